The van der Waals surface area contributed by atoms with Gasteiger partial charge in [-0.3, -0.25) is 65.5 Å². The third-order valence-corrected chi connectivity index (χ3v) is 15.5. The van der Waals surface area contributed by atoms with Crippen LogP contribution in [0.5, 0.6) is 0 Å². The number of benzene rings is 4. The Morgan fingerprint density at radius 2 is 0.727 bits per heavy atom. The highest BCUT2D eigenvalue weighted by atomic mass is 35.5. The number of hydrogen-bond donors (Lipinski definition) is 9. The van der Waals surface area contributed by atoms with Crippen molar-refractivity contribution >= 4 is 160 Å². The van der Waals surface area contributed by atoms with Crippen LogP contribution in [0, 0.1) is 63.4 Å². The van der Waals surface area contributed by atoms with Crippen molar-refractivity contribution in [1.29, 1.82) is 10.5 Å². The number of halogens is 3. The van der Waals surface area contributed by atoms with Gasteiger partial charge in [0.1, 0.15) is 0 Å². The van der Waals surface area contributed by atoms with Crippen molar-refractivity contribution in [2.45, 2.75) is 40.2 Å². The molecule has 0 aliphatic rings. The van der Waals surface area contributed by atoms with Gasteiger partial charge in [-0.1, -0.05) is 34.8 Å². The number of nitro groups is 4. The molecule has 12 aromatic rings. The lowest BCUT2D eigenvalue weighted by Gasteiger charge is -2.06. The number of nitriles is 2. The van der Waals surface area contributed by atoms with E-state index in [0.717, 1.165) is 47.0 Å². The maximum absolute atomic E-state index is 11.7. The van der Waals surface area contributed by atoms with Gasteiger partial charge in [-0.15, -0.1) is 0 Å². The third kappa shape index (κ3) is 14.7. The number of H-pyrrole nitrogens is 7. The Labute approximate surface area is 515 Å². The molecule has 4 aromatic carbocycles. The van der Waals surface area contributed by atoms with Gasteiger partial charge in [-0.25, -0.2) is 44.9 Å². The Bertz CT molecular complexity index is 4950. The summed E-state index contributed by atoms with van der Waals surface area (Å²) in [5.41, 5.74) is -0.561. The van der Waals surface area contributed by atoms with Gasteiger partial charge in [0.25, 0.3) is 28.3 Å². The van der Waals surface area contributed by atoms with Crippen LogP contribution in [0.4, 0.5) is 34.4 Å². The van der Waals surface area contributed by atoms with Gasteiger partial charge < -0.3 is 34.9 Å². The molecule has 0 fully saturated rings. The van der Waals surface area contributed by atoms with E-state index < -0.39 is 36.4 Å². The molecular weight excluding hydrogens is 1300 g/mol. The summed E-state index contributed by atoms with van der Waals surface area (Å²) in [7, 11) is 0. The molecule has 0 unspecified atom stereocenters. The minimum atomic E-state index is -0.858. The topological polar surface area (TPSA) is 522 Å². The van der Waals surface area contributed by atoms with E-state index >= 15 is 0 Å². The largest absolute Gasteiger partial charge is 0.339 e. The predicted molar refractivity (Wildman–Crippen MR) is 318 cm³/mol. The van der Waals surface area contributed by atoms with Crippen LogP contribution in [-0.2, 0) is 0 Å². The zero-order chi connectivity index (χ0) is 62.8. The maximum Gasteiger partial charge on any atom is 0.314 e. The van der Waals surface area contributed by atoms with E-state index in [0.29, 0.717) is 67.8 Å². The van der Waals surface area contributed by atoms with Gasteiger partial charge in [-0.05, 0) is 71.3 Å². The van der Waals surface area contributed by atoms with Crippen LogP contribution in [-0.4, -0.2) is 99.4 Å². The zero-order valence-electron chi connectivity index (χ0n) is 42.7. The van der Waals surface area contributed by atoms with Gasteiger partial charge in [0, 0.05) is 73.8 Å². The van der Waals surface area contributed by atoms with Crippen molar-refractivity contribution in [2.24, 2.45) is 0 Å². The van der Waals surface area contributed by atoms with Gasteiger partial charge in [0.2, 0.25) is 5.82 Å². The fraction of sp³-hybridized carbons (Fsp3) is 0. The van der Waals surface area contributed by atoms with Crippen LogP contribution in [0.2, 0.25) is 15.5 Å². The summed E-state index contributed by atoms with van der Waals surface area (Å²) < 4.78 is 0. The smallest absolute Gasteiger partial charge is 0.314 e. The van der Waals surface area contributed by atoms with Crippen molar-refractivity contribution in [2.75, 3.05) is 10.6 Å². The Hall–Kier alpha value is -11.1. The maximum atomic E-state index is 11.7. The Kier molecular flexibility index (Phi) is 19.1. The van der Waals surface area contributed by atoms with E-state index in [4.69, 9.17) is 45.3 Å². The second kappa shape index (κ2) is 27.3. The van der Waals surface area contributed by atoms with Gasteiger partial charge in [-0.2, -0.15) is 10.5 Å². The van der Waals surface area contributed by atoms with Crippen molar-refractivity contribution in [1.82, 2.24) is 79.7 Å². The number of rotatable bonds is 14. The van der Waals surface area contributed by atoms with Crippen LogP contribution in [0.25, 0.3) is 44.1 Å². The first kappa shape index (κ1) is 61.5. The normalized spacial score (nSPS) is 10.6. The highest BCUT2D eigenvalue weighted by Crippen LogP contribution is 2.40. The predicted octanol–water partition coefficient (Wildman–Crippen LogP) is 9.28. The third-order valence-electron chi connectivity index (χ3n) is 10.8. The number of hydrogen-bond acceptors (Lipinski definition) is 28. The number of nitrogens with zero attached hydrogens (tertiary/aromatic N) is 15. The monoisotopic (exact) mass is 1320 g/mol. The number of nitro benzene ring substituents is 4. The number of aromatic nitrogens is 16. The van der Waals surface area contributed by atoms with Crippen LogP contribution in [0.3, 0.4) is 0 Å². The highest BCUT2D eigenvalue weighted by molar-refractivity contribution is 8.00. The number of imidazole rings is 4. The van der Waals surface area contributed by atoms with E-state index in [-0.39, 0.29) is 66.4 Å². The molecule has 0 aliphatic heterocycles. The molecule has 0 saturated heterocycles. The summed E-state index contributed by atoms with van der Waals surface area (Å²) in [4.78, 5) is 133. The average Bonchev–Trinajstić information content (AvgIpc) is 4.20. The van der Waals surface area contributed by atoms with E-state index in [2.05, 4.69) is 90.4 Å². The minimum absolute atomic E-state index is 0.00454. The highest BCUT2D eigenvalue weighted by Gasteiger charge is 2.24. The summed E-state index contributed by atoms with van der Waals surface area (Å²) >= 11 is 21.8. The van der Waals surface area contributed by atoms with Crippen molar-refractivity contribution in [3.8, 4) is 12.4 Å². The van der Waals surface area contributed by atoms with Crippen LogP contribution in [0.15, 0.2) is 153 Å². The lowest BCUT2D eigenvalue weighted by Crippen LogP contribution is -2.28. The summed E-state index contributed by atoms with van der Waals surface area (Å²) in [6, 6.07) is 11.0. The van der Waals surface area contributed by atoms with Crippen molar-refractivity contribution in [3.05, 3.63) is 185 Å². The van der Waals surface area contributed by atoms with Crippen LogP contribution in [0.1, 0.15) is 0 Å². The second-order valence-electron chi connectivity index (χ2n) is 16.3. The molecule has 9 N–H and O–H groups in total. The van der Waals surface area contributed by atoms with E-state index in [1.807, 2.05) is 0 Å². The molecule has 12 rings (SSSR count). The van der Waals surface area contributed by atoms with E-state index in [1.54, 1.807) is 49.6 Å². The quantitative estimate of drug-likeness (QED) is 0.0161. The Morgan fingerprint density at radius 1 is 0.409 bits per heavy atom. The molecule has 8 heterocycles. The van der Waals surface area contributed by atoms with Crippen molar-refractivity contribution < 1.29 is 19.7 Å². The second-order valence-corrected chi connectivity index (χ2v) is 21.5. The zero-order valence-corrected chi connectivity index (χ0v) is 48.2. The van der Waals surface area contributed by atoms with Crippen molar-refractivity contribution in [3.63, 3.8) is 0 Å². The molecule has 0 bridgehead atoms. The molecule has 42 heteroatoms. The first-order valence-corrected chi connectivity index (χ1v) is 27.8. The Balaban J connectivity index is 0.000000140. The molecule has 0 radical (unpaired) electrons. The molecule has 35 nitrogen and oxygen atoms in total. The number of aromatic amines is 7. The molecule has 0 spiro atoms. The summed E-state index contributed by atoms with van der Waals surface area (Å²) in [6.07, 6.45) is 15.9. The first-order chi connectivity index (χ1) is 42.2. The fourth-order valence-corrected chi connectivity index (χ4v) is 11.0. The van der Waals surface area contributed by atoms with Crippen LogP contribution < -0.4 is 27.3 Å². The molecule has 0 amide bonds. The summed E-state index contributed by atoms with van der Waals surface area (Å²) in [6.45, 7) is 0. The molecule has 0 aliphatic carbocycles. The minimum Gasteiger partial charge on any atom is -0.339 e. The lowest BCUT2D eigenvalue weighted by atomic mass is 10.2. The number of fused-ring (bicyclic) bond motifs is 4. The van der Waals surface area contributed by atoms with Gasteiger partial charge in [0.15, 0.2) is 54.3 Å². The molecular formula is C46H25Cl3N24O11S4. The lowest BCUT2D eigenvalue weighted by molar-refractivity contribution is -0.387. The van der Waals surface area contributed by atoms with Gasteiger partial charge >= 0.3 is 11.1 Å². The van der Waals surface area contributed by atoms with E-state index in [9.17, 15) is 54.8 Å². The molecule has 8 aromatic heterocycles. The standard InChI is InChI=1S/C12H6ClN7O2S.C12H7N7O3S.C11H5Cl2N5O2S.C11H7N5O4S/c13-10-11(17-5-14)19-7-4-9(23-12-15-1-2-16-12)8(20(21)22)3-6(7)18-10;13-5-16-10-11(20)18-6-3-8(19(21)22)9(4-7(6)17-10)23-12-14-1-2-15-12;12-9-10(13)17-6-4-8(21-11-14-1-2-15-11)7(18(19)20)3-5(6)16-9;17-9-10(18)15-6-4-8(21-11-12-1-2-13-11)7(16(19)20)3-5(6)14-9/h1-4H,(H,15,16)(H,17,19);1-4H,(H,14,15)(H,16,17)(H,18,20);1-4H,(H,14,15);1-4H,(H,12,13)(H,14,17)(H,15,18). The Morgan fingerprint density at radius 3 is 1.12 bits per heavy atom. The molecule has 0 atom stereocenters. The molecule has 0 saturated carbocycles. The molecule has 88 heavy (non-hydrogen) atoms. The first-order valence-electron chi connectivity index (χ1n) is 23.4. The number of anilines is 2. The van der Waals surface area contributed by atoms with Gasteiger partial charge in [0.05, 0.1) is 83.4 Å². The average molecular weight is 1320 g/mol. The van der Waals surface area contributed by atoms with E-state index in [1.165, 1.54) is 60.9 Å². The summed E-state index contributed by atoms with van der Waals surface area (Å²) in [5.74, 6) is -0.0905. The molecule has 440 valence electrons. The number of nitrogens with one attached hydrogen (secondary N) is 9. The van der Waals surface area contributed by atoms with Crippen LogP contribution >= 0.6 is 81.9 Å². The summed E-state index contributed by atoms with van der Waals surface area (Å²) in [5, 5.41) is 68.6. The fourth-order valence-electron chi connectivity index (χ4n) is 7.13. The SMILES string of the molecule is N#CNc1nc2cc(Sc3ncc[nH]3)c([N+](=O)[O-])cc2[nH]c1=O.N#CNc1nc2cc(Sc3ncc[nH]3)c([N+](=O)[O-])cc2nc1Cl.O=[N+]([O-])c1cc2nc(Cl)c(Cl)nc2cc1Sc1ncc[nH]1.O=c1[nH]c2cc(Sc3ncc[nH]3)c([N+](=O)[O-])cc2[nH]c1=O.